The van der Waals surface area contributed by atoms with Gasteiger partial charge in [0.25, 0.3) is 10.1 Å². The van der Waals surface area contributed by atoms with Crippen molar-refractivity contribution in [2.24, 2.45) is 5.73 Å². The van der Waals surface area contributed by atoms with Crippen LogP contribution >= 0.6 is 27.5 Å². The number of primary amides is 1. The Balaban J connectivity index is 0.000000243. The lowest BCUT2D eigenvalue weighted by Crippen LogP contribution is -2.12. The van der Waals surface area contributed by atoms with Crippen molar-refractivity contribution in [2.75, 3.05) is 0 Å². The highest BCUT2D eigenvalue weighted by Crippen LogP contribution is 2.15. The summed E-state index contributed by atoms with van der Waals surface area (Å²) < 4.78 is 30.0. The van der Waals surface area contributed by atoms with Gasteiger partial charge in [-0.2, -0.15) is 8.42 Å². The first kappa shape index (κ1) is 20.4. The van der Waals surface area contributed by atoms with Gasteiger partial charge in [-0.1, -0.05) is 39.7 Å². The Kier molecular flexibility index (Phi) is 7.62. The smallest absolute Gasteiger partial charge is 0.287 e. The molecule has 0 aliphatic carbocycles. The number of aryl methyl sites for hydroxylation is 1. The van der Waals surface area contributed by atoms with E-state index in [0.717, 1.165) is 10.0 Å². The lowest BCUT2D eigenvalue weighted by atomic mass is 10.1. The molecule has 2 aromatic carbocycles. The van der Waals surface area contributed by atoms with E-state index in [9.17, 15) is 13.2 Å². The molecule has 5 nitrogen and oxygen atoms in total. The number of carbonyl (C=O) groups is 1. The SMILES string of the molecule is Cc1cc(Br)ccc1C(N)=O.O=S(=O)(O)/C=C/c1cccc(Cl)c1. The Hall–Kier alpha value is -1.67. The van der Waals surface area contributed by atoms with Gasteiger partial charge in [0.15, 0.2) is 0 Å². The van der Waals surface area contributed by atoms with Crippen LogP contribution in [0.25, 0.3) is 6.08 Å². The second-order valence-corrected chi connectivity index (χ2v) is 7.35. The fraction of sp³-hybridized carbons (Fsp3) is 0.0625. The van der Waals surface area contributed by atoms with Crippen molar-refractivity contribution in [3.05, 3.63) is 74.1 Å². The number of hydrogen-bond acceptors (Lipinski definition) is 3. The first-order valence-electron chi connectivity index (χ1n) is 6.55. The molecule has 1 amide bonds. The number of amides is 1. The van der Waals surface area contributed by atoms with Gasteiger partial charge in [-0.25, -0.2) is 0 Å². The average molecular weight is 433 g/mol. The summed E-state index contributed by atoms with van der Waals surface area (Å²) in [4.78, 5) is 10.7. The summed E-state index contributed by atoms with van der Waals surface area (Å²) >= 11 is 8.94. The summed E-state index contributed by atoms with van der Waals surface area (Å²) in [6.07, 6.45) is 1.27. The summed E-state index contributed by atoms with van der Waals surface area (Å²) in [5.41, 5.74) is 7.20. The largest absolute Gasteiger partial charge is 0.366 e. The van der Waals surface area contributed by atoms with Crippen LogP contribution in [0.5, 0.6) is 0 Å². The summed E-state index contributed by atoms with van der Waals surface area (Å²) in [5, 5.41) is 1.22. The van der Waals surface area contributed by atoms with Gasteiger partial charge in [-0.15, -0.1) is 0 Å². The predicted molar refractivity (Wildman–Crippen MR) is 99.4 cm³/mol. The third-order valence-electron chi connectivity index (χ3n) is 2.74. The summed E-state index contributed by atoms with van der Waals surface area (Å²) in [5.74, 6) is -0.380. The molecule has 0 aliphatic heterocycles. The molecule has 0 unspecified atom stereocenters. The molecule has 0 fully saturated rings. The van der Waals surface area contributed by atoms with Crippen molar-refractivity contribution in [2.45, 2.75) is 6.92 Å². The minimum absolute atomic E-state index is 0.380. The molecule has 0 spiro atoms. The molecule has 0 atom stereocenters. The summed E-state index contributed by atoms with van der Waals surface area (Å²) in [6.45, 7) is 1.85. The molecule has 0 saturated carbocycles. The summed E-state index contributed by atoms with van der Waals surface area (Å²) in [6, 6.07) is 12.0. The molecule has 128 valence electrons. The zero-order valence-corrected chi connectivity index (χ0v) is 15.8. The molecular weight excluding hydrogens is 418 g/mol. The highest BCUT2D eigenvalue weighted by atomic mass is 79.9. The van der Waals surface area contributed by atoms with E-state index in [0.29, 0.717) is 21.6 Å². The first-order valence-corrected chi connectivity index (χ1v) is 9.23. The van der Waals surface area contributed by atoms with Gasteiger partial charge >= 0.3 is 0 Å². The van der Waals surface area contributed by atoms with Crippen LogP contribution in [0.4, 0.5) is 0 Å². The van der Waals surface area contributed by atoms with Crippen LogP contribution in [0, 0.1) is 6.92 Å². The van der Waals surface area contributed by atoms with E-state index in [1.807, 2.05) is 13.0 Å². The van der Waals surface area contributed by atoms with Crippen LogP contribution in [0.3, 0.4) is 0 Å². The van der Waals surface area contributed by atoms with E-state index in [-0.39, 0.29) is 5.91 Å². The molecule has 3 N–H and O–H groups in total. The molecule has 2 aromatic rings. The van der Waals surface area contributed by atoms with E-state index in [1.54, 1.807) is 36.4 Å². The number of benzene rings is 2. The Bertz CT molecular complexity index is 866. The number of rotatable bonds is 3. The molecule has 2 rings (SSSR count). The molecule has 0 heterocycles. The molecular formula is C16H15BrClNO4S. The van der Waals surface area contributed by atoms with E-state index in [4.69, 9.17) is 21.9 Å². The number of carbonyl (C=O) groups excluding carboxylic acids is 1. The van der Waals surface area contributed by atoms with Gasteiger partial charge in [0.2, 0.25) is 5.91 Å². The molecule has 0 aromatic heterocycles. The Morgan fingerprint density at radius 3 is 2.42 bits per heavy atom. The zero-order valence-electron chi connectivity index (χ0n) is 12.6. The maximum absolute atomic E-state index is 10.7. The highest BCUT2D eigenvalue weighted by Gasteiger charge is 2.03. The van der Waals surface area contributed by atoms with Crippen LogP contribution in [0.2, 0.25) is 5.02 Å². The van der Waals surface area contributed by atoms with E-state index in [2.05, 4.69) is 15.9 Å². The normalized spacial score (nSPS) is 11.0. The Morgan fingerprint density at radius 1 is 1.25 bits per heavy atom. The number of halogens is 2. The molecule has 0 saturated heterocycles. The van der Waals surface area contributed by atoms with Crippen molar-refractivity contribution in [3.8, 4) is 0 Å². The minimum Gasteiger partial charge on any atom is -0.366 e. The van der Waals surface area contributed by atoms with Crippen molar-refractivity contribution in [3.63, 3.8) is 0 Å². The van der Waals surface area contributed by atoms with E-state index in [1.165, 1.54) is 6.08 Å². The summed E-state index contributed by atoms with van der Waals surface area (Å²) in [7, 11) is -4.06. The topological polar surface area (TPSA) is 97.5 Å². The van der Waals surface area contributed by atoms with Crippen LogP contribution in [-0.4, -0.2) is 18.9 Å². The van der Waals surface area contributed by atoms with Crippen LogP contribution < -0.4 is 5.73 Å². The third-order valence-corrected chi connectivity index (χ3v) is 3.94. The predicted octanol–water partition coefficient (Wildman–Crippen LogP) is 4.05. The van der Waals surface area contributed by atoms with Gasteiger partial charge in [0, 0.05) is 15.1 Å². The van der Waals surface area contributed by atoms with Crippen molar-refractivity contribution < 1.29 is 17.8 Å². The standard InChI is InChI=1S/C8H8BrNO.C8H7ClO3S/c1-5-4-6(9)2-3-7(5)8(10)11;9-8-3-1-2-7(6-8)4-5-13(10,11)12/h2-4H,1H3,(H2,10,11);1-6H,(H,10,11,12)/b;5-4+. The lowest BCUT2D eigenvalue weighted by molar-refractivity contribution is 0.0999. The monoisotopic (exact) mass is 431 g/mol. The minimum atomic E-state index is -4.06. The maximum atomic E-state index is 10.7. The van der Waals surface area contributed by atoms with Crippen LogP contribution in [0.1, 0.15) is 21.5 Å². The second kappa shape index (κ2) is 8.98. The average Bonchev–Trinajstić information content (AvgIpc) is 2.45. The lowest BCUT2D eigenvalue weighted by Gasteiger charge is -2.00. The quantitative estimate of drug-likeness (QED) is 0.715. The van der Waals surface area contributed by atoms with Gasteiger partial charge < -0.3 is 5.73 Å². The Morgan fingerprint density at radius 2 is 1.92 bits per heavy atom. The number of hydrogen-bond donors (Lipinski definition) is 2. The fourth-order valence-electron chi connectivity index (χ4n) is 1.68. The van der Waals surface area contributed by atoms with Crippen LogP contribution in [-0.2, 0) is 10.1 Å². The first-order chi connectivity index (χ1) is 11.1. The Labute approximate surface area is 154 Å². The third kappa shape index (κ3) is 7.74. The van der Waals surface area contributed by atoms with E-state index < -0.39 is 10.1 Å². The molecule has 0 radical (unpaired) electrons. The van der Waals surface area contributed by atoms with Gasteiger partial charge in [-0.05, 0) is 54.5 Å². The number of nitrogens with two attached hydrogens (primary N) is 1. The zero-order chi connectivity index (χ0) is 18.3. The second-order valence-electron chi connectivity index (χ2n) is 4.70. The highest BCUT2D eigenvalue weighted by molar-refractivity contribution is 9.10. The molecule has 8 heteroatoms. The van der Waals surface area contributed by atoms with E-state index >= 15 is 0 Å². The van der Waals surface area contributed by atoms with Gasteiger partial charge in [0.05, 0.1) is 5.41 Å². The fourth-order valence-corrected chi connectivity index (χ4v) is 2.68. The van der Waals surface area contributed by atoms with Crippen molar-refractivity contribution in [1.29, 1.82) is 0 Å². The maximum Gasteiger partial charge on any atom is 0.287 e. The molecule has 0 bridgehead atoms. The van der Waals surface area contributed by atoms with Crippen molar-refractivity contribution >= 4 is 49.6 Å². The van der Waals surface area contributed by atoms with Gasteiger partial charge in [-0.3, -0.25) is 9.35 Å². The van der Waals surface area contributed by atoms with Crippen molar-refractivity contribution in [1.82, 2.24) is 0 Å². The molecule has 24 heavy (non-hydrogen) atoms. The van der Waals surface area contributed by atoms with Crippen LogP contribution in [0.15, 0.2) is 52.3 Å². The molecule has 0 aliphatic rings. The van der Waals surface area contributed by atoms with Gasteiger partial charge in [0.1, 0.15) is 0 Å².